The first-order chi connectivity index (χ1) is 12.0. The van der Waals surface area contributed by atoms with Gasteiger partial charge in [-0.3, -0.25) is 19.9 Å². The molecular weight excluding hydrogens is 322 g/mol. The van der Waals surface area contributed by atoms with Crippen LogP contribution >= 0.6 is 0 Å². The van der Waals surface area contributed by atoms with Crippen molar-refractivity contribution >= 4 is 22.9 Å². The first kappa shape index (κ1) is 15.7. The summed E-state index contributed by atoms with van der Waals surface area (Å²) in [7, 11) is 1.81. The number of carbonyl (C=O) groups excluding carboxylic acids is 1. The number of hydrogen-bond acceptors (Lipinski definition) is 6. The van der Waals surface area contributed by atoms with E-state index in [1.54, 1.807) is 10.7 Å². The second kappa shape index (κ2) is 5.92. The Bertz CT molecular complexity index is 953. The predicted octanol–water partition coefficient (Wildman–Crippen LogP) is 1.81. The second-order valence-corrected chi connectivity index (χ2v) is 6.22. The number of aromatic nitrogens is 6. The summed E-state index contributed by atoms with van der Waals surface area (Å²) < 4.78 is 7.25. The normalized spacial score (nSPS) is 17.3. The second-order valence-electron chi connectivity index (χ2n) is 6.22. The number of aromatic amines is 1. The molecule has 1 unspecified atom stereocenters. The van der Waals surface area contributed by atoms with Crippen molar-refractivity contribution in [3.05, 3.63) is 28.8 Å². The molecule has 0 radical (unpaired) electrons. The van der Waals surface area contributed by atoms with Crippen molar-refractivity contribution in [2.75, 3.05) is 11.9 Å². The number of carbonyl (C=O) groups is 1. The van der Waals surface area contributed by atoms with Gasteiger partial charge in [-0.2, -0.15) is 10.1 Å². The lowest BCUT2D eigenvalue weighted by Crippen LogP contribution is -2.14. The number of anilines is 1. The van der Waals surface area contributed by atoms with Crippen LogP contribution in [0.2, 0.25) is 0 Å². The Morgan fingerprint density at radius 1 is 1.40 bits per heavy atom. The van der Waals surface area contributed by atoms with E-state index in [4.69, 9.17) is 4.74 Å². The Morgan fingerprint density at radius 3 is 3.00 bits per heavy atom. The molecule has 1 fully saturated rings. The van der Waals surface area contributed by atoms with Gasteiger partial charge in [0.15, 0.2) is 11.5 Å². The molecule has 3 aromatic rings. The number of nitrogens with zero attached hydrogens (tertiary/aromatic N) is 5. The molecule has 3 aromatic heterocycles. The molecular formula is C16H19N7O2. The van der Waals surface area contributed by atoms with Crippen LogP contribution in [0.3, 0.4) is 0 Å². The van der Waals surface area contributed by atoms with Crippen molar-refractivity contribution in [3.8, 4) is 0 Å². The summed E-state index contributed by atoms with van der Waals surface area (Å²) in [5, 5.41) is 14.8. The van der Waals surface area contributed by atoms with Gasteiger partial charge >= 0.3 is 0 Å². The van der Waals surface area contributed by atoms with Gasteiger partial charge in [0.1, 0.15) is 6.10 Å². The molecule has 25 heavy (non-hydrogen) atoms. The minimum Gasteiger partial charge on any atom is -0.370 e. The predicted molar refractivity (Wildman–Crippen MR) is 90.2 cm³/mol. The van der Waals surface area contributed by atoms with Gasteiger partial charge < -0.3 is 4.74 Å². The molecule has 0 aromatic carbocycles. The topological polar surface area (TPSA) is 111 Å². The maximum atomic E-state index is 12.8. The fraction of sp³-hybridized carbons (Fsp3) is 0.438. The standard InChI is InChI=1S/C16H19N7O2/c1-8-7-10(12-9(2)22-23(3)14(12)17-8)15(24)19-16-18-13(20-21-16)11-5-4-6-25-11/h7,11H,4-6H2,1-3H3,(H2,18,19,20,21,24). The molecule has 4 rings (SSSR count). The summed E-state index contributed by atoms with van der Waals surface area (Å²) in [6.07, 6.45) is 1.83. The van der Waals surface area contributed by atoms with Crippen LogP contribution in [0.4, 0.5) is 5.95 Å². The average Bonchev–Trinajstić information content (AvgIpc) is 3.28. The number of ether oxygens (including phenoxy) is 1. The third kappa shape index (κ3) is 2.76. The third-order valence-corrected chi connectivity index (χ3v) is 4.30. The van der Waals surface area contributed by atoms with Crippen LogP contribution in [0.1, 0.15) is 46.5 Å². The quantitative estimate of drug-likeness (QED) is 0.751. The van der Waals surface area contributed by atoms with E-state index < -0.39 is 0 Å². The summed E-state index contributed by atoms with van der Waals surface area (Å²) >= 11 is 0. The van der Waals surface area contributed by atoms with Gasteiger partial charge in [0.25, 0.3) is 5.91 Å². The monoisotopic (exact) mass is 341 g/mol. The summed E-state index contributed by atoms with van der Waals surface area (Å²) in [5.41, 5.74) is 2.69. The number of rotatable bonds is 3. The average molecular weight is 341 g/mol. The molecule has 1 atom stereocenters. The van der Waals surface area contributed by atoms with E-state index in [-0.39, 0.29) is 18.0 Å². The third-order valence-electron chi connectivity index (χ3n) is 4.30. The SMILES string of the molecule is Cc1cc(C(=O)Nc2n[nH]c(C3CCCO3)n2)c2c(C)nn(C)c2n1. The van der Waals surface area contributed by atoms with Crippen LogP contribution in [0.15, 0.2) is 6.07 Å². The molecule has 4 heterocycles. The maximum Gasteiger partial charge on any atom is 0.258 e. The van der Waals surface area contributed by atoms with Gasteiger partial charge in [0, 0.05) is 19.3 Å². The number of aryl methyl sites for hydroxylation is 3. The molecule has 130 valence electrons. The zero-order chi connectivity index (χ0) is 17.6. The van der Waals surface area contributed by atoms with E-state index in [0.29, 0.717) is 17.0 Å². The van der Waals surface area contributed by atoms with Crippen molar-refractivity contribution in [1.29, 1.82) is 0 Å². The number of amides is 1. The Balaban J connectivity index is 1.64. The van der Waals surface area contributed by atoms with Crippen molar-refractivity contribution in [2.45, 2.75) is 32.8 Å². The summed E-state index contributed by atoms with van der Waals surface area (Å²) in [6, 6.07) is 1.75. The molecule has 1 amide bonds. The van der Waals surface area contributed by atoms with Gasteiger partial charge in [-0.1, -0.05) is 0 Å². The molecule has 1 aliphatic rings. The maximum absolute atomic E-state index is 12.8. The lowest BCUT2D eigenvalue weighted by atomic mass is 10.1. The fourth-order valence-electron chi connectivity index (χ4n) is 3.19. The van der Waals surface area contributed by atoms with Crippen LogP contribution in [-0.2, 0) is 11.8 Å². The van der Waals surface area contributed by atoms with Gasteiger partial charge in [-0.15, -0.1) is 5.10 Å². The van der Waals surface area contributed by atoms with E-state index in [0.717, 1.165) is 36.2 Å². The number of nitrogens with one attached hydrogen (secondary N) is 2. The van der Waals surface area contributed by atoms with Crippen LogP contribution < -0.4 is 5.32 Å². The highest BCUT2D eigenvalue weighted by Crippen LogP contribution is 2.26. The number of H-pyrrole nitrogens is 1. The number of hydrogen-bond donors (Lipinski definition) is 2. The van der Waals surface area contributed by atoms with Gasteiger partial charge in [0.05, 0.1) is 16.6 Å². The zero-order valence-electron chi connectivity index (χ0n) is 14.3. The minimum absolute atomic E-state index is 0.0754. The van der Waals surface area contributed by atoms with Crippen LogP contribution in [0, 0.1) is 13.8 Å². The Kier molecular flexibility index (Phi) is 3.72. The summed E-state index contributed by atoms with van der Waals surface area (Å²) in [5.74, 6) is 0.588. The molecule has 0 spiro atoms. The van der Waals surface area contributed by atoms with Gasteiger partial charge in [-0.25, -0.2) is 4.98 Å². The van der Waals surface area contributed by atoms with Gasteiger partial charge in [-0.05, 0) is 32.8 Å². The van der Waals surface area contributed by atoms with E-state index >= 15 is 0 Å². The van der Waals surface area contributed by atoms with E-state index in [2.05, 4.69) is 30.6 Å². The van der Waals surface area contributed by atoms with Gasteiger partial charge in [0.2, 0.25) is 5.95 Å². The number of pyridine rings is 1. The first-order valence-electron chi connectivity index (χ1n) is 8.19. The lowest BCUT2D eigenvalue weighted by Gasteiger charge is -2.05. The Labute approximate surface area is 143 Å². The molecule has 9 nitrogen and oxygen atoms in total. The van der Waals surface area contributed by atoms with E-state index in [9.17, 15) is 4.79 Å². The van der Waals surface area contributed by atoms with Crippen molar-refractivity contribution in [1.82, 2.24) is 29.9 Å². The molecule has 1 saturated heterocycles. The summed E-state index contributed by atoms with van der Waals surface area (Å²) in [4.78, 5) is 21.6. The molecule has 0 saturated carbocycles. The van der Waals surface area contributed by atoms with Crippen molar-refractivity contribution in [2.24, 2.45) is 7.05 Å². The van der Waals surface area contributed by atoms with E-state index in [1.165, 1.54) is 0 Å². The lowest BCUT2D eigenvalue weighted by molar-refractivity contribution is 0.102. The minimum atomic E-state index is -0.288. The van der Waals surface area contributed by atoms with Crippen molar-refractivity contribution < 1.29 is 9.53 Å². The highest BCUT2D eigenvalue weighted by molar-refractivity contribution is 6.12. The molecule has 0 bridgehead atoms. The van der Waals surface area contributed by atoms with Crippen LogP contribution in [0.25, 0.3) is 11.0 Å². The largest absolute Gasteiger partial charge is 0.370 e. The molecule has 0 aliphatic carbocycles. The summed E-state index contributed by atoms with van der Waals surface area (Å²) in [6.45, 7) is 4.43. The zero-order valence-corrected chi connectivity index (χ0v) is 14.3. The molecule has 2 N–H and O–H groups in total. The smallest absolute Gasteiger partial charge is 0.258 e. The van der Waals surface area contributed by atoms with Crippen molar-refractivity contribution in [3.63, 3.8) is 0 Å². The fourth-order valence-corrected chi connectivity index (χ4v) is 3.19. The van der Waals surface area contributed by atoms with Crippen LogP contribution in [0.5, 0.6) is 0 Å². The van der Waals surface area contributed by atoms with Crippen LogP contribution in [-0.4, -0.2) is 42.5 Å². The highest BCUT2D eigenvalue weighted by Gasteiger charge is 2.23. The molecule has 1 aliphatic heterocycles. The molecule has 9 heteroatoms. The Morgan fingerprint density at radius 2 is 2.24 bits per heavy atom. The highest BCUT2D eigenvalue weighted by atomic mass is 16.5. The number of fused-ring (bicyclic) bond motifs is 1. The van der Waals surface area contributed by atoms with E-state index in [1.807, 2.05) is 20.9 Å². The Hall–Kier alpha value is -2.81. The first-order valence-corrected chi connectivity index (χ1v) is 8.19.